The van der Waals surface area contributed by atoms with Gasteiger partial charge in [-0.3, -0.25) is 0 Å². The molecule has 0 amide bonds. The van der Waals surface area contributed by atoms with E-state index in [0.717, 1.165) is 36.0 Å². The average molecular weight is 383 g/mol. The molecule has 0 unspecified atom stereocenters. The van der Waals surface area contributed by atoms with Crippen molar-refractivity contribution in [2.75, 3.05) is 0 Å². The Labute approximate surface area is 172 Å². The number of unbranched alkanes of at least 4 members (excludes halogenated alkanes) is 9. The van der Waals surface area contributed by atoms with Crippen molar-refractivity contribution < 1.29 is 4.39 Å². The van der Waals surface area contributed by atoms with Gasteiger partial charge in [-0.15, -0.1) is 0 Å². The second-order valence-corrected chi connectivity index (χ2v) is 8.19. The molecular formula is C27H39F. The maximum Gasteiger partial charge on any atom is 0.131 e. The highest BCUT2D eigenvalue weighted by Gasteiger charge is 2.07. The SMILES string of the molecule is CCCCCCCCc1ccc(-c2ccc(CCCCCCC)cc2)c(F)c1. The highest BCUT2D eigenvalue weighted by atomic mass is 19.1. The van der Waals surface area contributed by atoms with E-state index in [1.165, 1.54) is 69.8 Å². The first-order valence-electron chi connectivity index (χ1n) is 11.6. The zero-order valence-electron chi connectivity index (χ0n) is 18.1. The number of rotatable bonds is 14. The standard InChI is InChI=1S/C27H39F/c1-3-5-7-9-11-13-15-24-18-21-26(27(28)22-24)25-19-16-23(17-20-25)14-12-10-8-6-4-2/h16-22H,3-15H2,1-2H3. The van der Waals surface area contributed by atoms with Gasteiger partial charge in [0.2, 0.25) is 0 Å². The summed E-state index contributed by atoms with van der Waals surface area (Å²) >= 11 is 0. The molecule has 2 rings (SSSR count). The zero-order valence-corrected chi connectivity index (χ0v) is 18.1. The van der Waals surface area contributed by atoms with Gasteiger partial charge in [0.25, 0.3) is 0 Å². The van der Waals surface area contributed by atoms with Gasteiger partial charge in [0.1, 0.15) is 5.82 Å². The van der Waals surface area contributed by atoms with E-state index in [9.17, 15) is 4.39 Å². The Bertz CT molecular complexity index is 656. The van der Waals surface area contributed by atoms with Crippen molar-refractivity contribution in [3.63, 3.8) is 0 Å². The van der Waals surface area contributed by atoms with Gasteiger partial charge in [-0.2, -0.15) is 0 Å². The molecule has 0 fully saturated rings. The van der Waals surface area contributed by atoms with Gasteiger partial charge < -0.3 is 0 Å². The minimum absolute atomic E-state index is 0.0872. The summed E-state index contributed by atoms with van der Waals surface area (Å²) in [6.07, 6.45) is 16.3. The van der Waals surface area contributed by atoms with E-state index in [0.29, 0.717) is 0 Å². The Balaban J connectivity index is 1.82. The molecule has 0 saturated carbocycles. The molecule has 28 heavy (non-hydrogen) atoms. The quantitative estimate of drug-likeness (QED) is 0.286. The molecule has 154 valence electrons. The van der Waals surface area contributed by atoms with Crippen molar-refractivity contribution in [3.8, 4) is 11.1 Å². The average Bonchev–Trinajstić information content (AvgIpc) is 2.71. The van der Waals surface area contributed by atoms with E-state index in [1.54, 1.807) is 6.07 Å². The lowest BCUT2D eigenvalue weighted by Gasteiger charge is -2.08. The summed E-state index contributed by atoms with van der Waals surface area (Å²) in [7, 11) is 0. The Kier molecular flexibility index (Phi) is 10.9. The number of aryl methyl sites for hydroxylation is 2. The van der Waals surface area contributed by atoms with Gasteiger partial charge in [0, 0.05) is 5.56 Å². The third kappa shape index (κ3) is 8.17. The third-order valence-corrected chi connectivity index (χ3v) is 5.69. The van der Waals surface area contributed by atoms with E-state index < -0.39 is 0 Å². The fraction of sp³-hybridized carbons (Fsp3) is 0.556. The van der Waals surface area contributed by atoms with Crippen LogP contribution in [0.15, 0.2) is 42.5 Å². The number of halogens is 1. The van der Waals surface area contributed by atoms with Gasteiger partial charge in [-0.1, -0.05) is 108 Å². The van der Waals surface area contributed by atoms with Crippen LogP contribution < -0.4 is 0 Å². The molecule has 0 aliphatic carbocycles. The van der Waals surface area contributed by atoms with Crippen LogP contribution in [0.2, 0.25) is 0 Å². The van der Waals surface area contributed by atoms with Crippen molar-refractivity contribution in [3.05, 3.63) is 59.4 Å². The Morgan fingerprint density at radius 2 is 1.07 bits per heavy atom. The van der Waals surface area contributed by atoms with Gasteiger partial charge in [-0.05, 0) is 48.4 Å². The fourth-order valence-electron chi connectivity index (χ4n) is 3.84. The molecule has 0 radical (unpaired) electrons. The van der Waals surface area contributed by atoms with Gasteiger partial charge in [-0.25, -0.2) is 4.39 Å². The molecule has 0 heterocycles. The number of hydrogen-bond acceptors (Lipinski definition) is 0. The van der Waals surface area contributed by atoms with Crippen LogP contribution in [0.1, 0.15) is 95.6 Å². The maximum atomic E-state index is 14.6. The molecule has 0 aliphatic rings. The molecule has 0 aliphatic heterocycles. The first-order chi connectivity index (χ1) is 13.7. The van der Waals surface area contributed by atoms with Gasteiger partial charge >= 0.3 is 0 Å². The van der Waals surface area contributed by atoms with Crippen LogP contribution in [-0.4, -0.2) is 0 Å². The van der Waals surface area contributed by atoms with Gasteiger partial charge in [0.15, 0.2) is 0 Å². The van der Waals surface area contributed by atoms with Crippen LogP contribution in [-0.2, 0) is 12.8 Å². The van der Waals surface area contributed by atoms with Crippen LogP contribution >= 0.6 is 0 Å². The van der Waals surface area contributed by atoms with Crippen LogP contribution in [0.4, 0.5) is 4.39 Å². The molecule has 0 nitrogen and oxygen atoms in total. The van der Waals surface area contributed by atoms with E-state index in [2.05, 4.69) is 44.2 Å². The lowest BCUT2D eigenvalue weighted by atomic mass is 9.98. The van der Waals surface area contributed by atoms with Crippen LogP contribution in [0, 0.1) is 5.82 Å². The van der Waals surface area contributed by atoms with Gasteiger partial charge in [0.05, 0.1) is 0 Å². The Morgan fingerprint density at radius 3 is 1.64 bits per heavy atom. The highest BCUT2D eigenvalue weighted by molar-refractivity contribution is 5.64. The minimum atomic E-state index is -0.0872. The zero-order chi connectivity index (χ0) is 20.0. The number of benzene rings is 2. The molecule has 2 aromatic carbocycles. The smallest absolute Gasteiger partial charge is 0.131 e. The van der Waals surface area contributed by atoms with Crippen molar-refractivity contribution in [2.45, 2.75) is 97.3 Å². The summed E-state index contributed by atoms with van der Waals surface area (Å²) in [5, 5.41) is 0. The molecule has 2 aromatic rings. The molecule has 1 heteroatoms. The van der Waals surface area contributed by atoms with Crippen molar-refractivity contribution in [2.24, 2.45) is 0 Å². The minimum Gasteiger partial charge on any atom is -0.206 e. The van der Waals surface area contributed by atoms with Crippen molar-refractivity contribution in [1.82, 2.24) is 0 Å². The molecular weight excluding hydrogens is 343 g/mol. The summed E-state index contributed by atoms with van der Waals surface area (Å²) in [5.74, 6) is -0.0872. The predicted octanol–water partition coefficient (Wildman–Crippen LogP) is 8.91. The van der Waals surface area contributed by atoms with E-state index in [4.69, 9.17) is 0 Å². The summed E-state index contributed by atoms with van der Waals surface area (Å²) in [6.45, 7) is 4.49. The summed E-state index contributed by atoms with van der Waals surface area (Å²) < 4.78 is 14.6. The van der Waals surface area contributed by atoms with E-state index in [-0.39, 0.29) is 5.82 Å². The lowest BCUT2D eigenvalue weighted by Crippen LogP contribution is -1.92. The third-order valence-electron chi connectivity index (χ3n) is 5.69. The molecule has 0 aromatic heterocycles. The highest BCUT2D eigenvalue weighted by Crippen LogP contribution is 2.25. The second-order valence-electron chi connectivity index (χ2n) is 8.19. The van der Waals surface area contributed by atoms with Crippen LogP contribution in [0.25, 0.3) is 11.1 Å². The summed E-state index contributed by atoms with van der Waals surface area (Å²) in [4.78, 5) is 0. The fourth-order valence-corrected chi connectivity index (χ4v) is 3.84. The lowest BCUT2D eigenvalue weighted by molar-refractivity contribution is 0.603. The van der Waals surface area contributed by atoms with E-state index >= 15 is 0 Å². The molecule has 0 bridgehead atoms. The first-order valence-corrected chi connectivity index (χ1v) is 11.6. The maximum absolute atomic E-state index is 14.6. The van der Waals surface area contributed by atoms with Crippen molar-refractivity contribution >= 4 is 0 Å². The topological polar surface area (TPSA) is 0 Å². The first kappa shape index (κ1) is 22.7. The Morgan fingerprint density at radius 1 is 0.571 bits per heavy atom. The molecule has 0 spiro atoms. The molecule has 0 atom stereocenters. The second kappa shape index (κ2) is 13.5. The van der Waals surface area contributed by atoms with E-state index in [1.807, 2.05) is 6.07 Å². The monoisotopic (exact) mass is 382 g/mol. The Hall–Kier alpha value is -1.63. The van der Waals surface area contributed by atoms with Crippen LogP contribution in [0.3, 0.4) is 0 Å². The summed E-state index contributed by atoms with van der Waals surface area (Å²) in [5.41, 5.74) is 4.19. The normalized spacial score (nSPS) is 11.1. The largest absolute Gasteiger partial charge is 0.206 e. The van der Waals surface area contributed by atoms with Crippen LogP contribution in [0.5, 0.6) is 0 Å². The summed E-state index contributed by atoms with van der Waals surface area (Å²) in [6, 6.07) is 14.3. The number of hydrogen-bond donors (Lipinski definition) is 0. The molecule has 0 N–H and O–H groups in total. The molecule has 0 saturated heterocycles. The van der Waals surface area contributed by atoms with Crippen molar-refractivity contribution in [1.29, 1.82) is 0 Å². The predicted molar refractivity (Wildman–Crippen MR) is 121 cm³/mol.